The predicted octanol–water partition coefficient (Wildman–Crippen LogP) is 2.33. The van der Waals surface area contributed by atoms with Gasteiger partial charge in [-0.2, -0.15) is 13.2 Å². The molecule has 2 rings (SSSR count). The first kappa shape index (κ1) is 13.5. The van der Waals surface area contributed by atoms with Crippen LogP contribution in [0, 0.1) is 0 Å². The number of carbonyl (C=O) groups excluding carboxylic acids is 1. The molecule has 2 aliphatic heterocycles. The van der Waals surface area contributed by atoms with Crippen molar-refractivity contribution in [2.45, 2.75) is 50.7 Å². The molecule has 0 saturated carbocycles. The lowest BCUT2D eigenvalue weighted by Gasteiger charge is -2.31. The number of piperidine rings is 1. The number of hydrogen-bond acceptors (Lipinski definition) is 3. The van der Waals surface area contributed by atoms with Crippen LogP contribution in [0.4, 0.5) is 18.0 Å². The normalized spacial score (nSPS) is 31.9. The highest BCUT2D eigenvalue weighted by atomic mass is 19.4. The Hall–Kier alpha value is -0.980. The number of nitrogens with zero attached hydrogens (tertiary/aromatic N) is 1. The van der Waals surface area contributed by atoms with Gasteiger partial charge in [-0.3, -0.25) is 0 Å². The van der Waals surface area contributed by atoms with E-state index in [4.69, 9.17) is 9.47 Å². The largest absolute Gasteiger partial charge is 0.444 e. The minimum absolute atomic E-state index is 0.00488. The lowest BCUT2D eigenvalue weighted by Crippen LogP contribution is -2.49. The Bertz CT molecular complexity index is 364. The van der Waals surface area contributed by atoms with E-state index in [0.717, 1.165) is 0 Å². The first-order valence-corrected chi connectivity index (χ1v) is 5.78. The summed E-state index contributed by atoms with van der Waals surface area (Å²) in [5.74, 6) is 0. The molecule has 0 radical (unpaired) electrons. The van der Waals surface area contributed by atoms with Gasteiger partial charge in [-0.15, -0.1) is 0 Å². The van der Waals surface area contributed by atoms with Gasteiger partial charge in [0.15, 0.2) is 5.60 Å². The second kappa shape index (κ2) is 3.76. The van der Waals surface area contributed by atoms with E-state index < -0.39 is 29.6 Å². The third kappa shape index (κ3) is 2.28. The highest BCUT2D eigenvalue weighted by molar-refractivity contribution is 5.68. The standard InChI is InChI=1S/C11H16F3NO3/c1-9(2,3)18-8(16)15-5-4-10(11(12,13)14)7(6-15)17-10/h7H,4-6H2,1-3H3/t7-,10-/m1/s1. The molecule has 0 N–H and O–H groups in total. The third-order valence-corrected chi connectivity index (χ3v) is 3.09. The van der Waals surface area contributed by atoms with Gasteiger partial charge in [0.25, 0.3) is 0 Å². The molecule has 4 nitrogen and oxygen atoms in total. The predicted molar refractivity (Wildman–Crippen MR) is 56.1 cm³/mol. The molecule has 2 aliphatic rings. The van der Waals surface area contributed by atoms with Crippen molar-refractivity contribution in [2.75, 3.05) is 13.1 Å². The van der Waals surface area contributed by atoms with Gasteiger partial charge in [0.1, 0.15) is 11.7 Å². The van der Waals surface area contributed by atoms with E-state index in [1.54, 1.807) is 20.8 Å². The number of amides is 1. The lowest BCUT2D eigenvalue weighted by atomic mass is 9.96. The zero-order chi connectivity index (χ0) is 13.8. The maximum absolute atomic E-state index is 12.7. The smallest absolute Gasteiger partial charge is 0.420 e. The van der Waals surface area contributed by atoms with E-state index in [0.29, 0.717) is 0 Å². The van der Waals surface area contributed by atoms with Crippen LogP contribution in [0.1, 0.15) is 27.2 Å². The van der Waals surface area contributed by atoms with Crippen molar-refractivity contribution in [1.82, 2.24) is 4.90 Å². The van der Waals surface area contributed by atoms with Gasteiger partial charge < -0.3 is 14.4 Å². The average molecular weight is 267 g/mol. The summed E-state index contributed by atoms with van der Waals surface area (Å²) in [4.78, 5) is 13.0. The summed E-state index contributed by atoms with van der Waals surface area (Å²) >= 11 is 0. The Morgan fingerprint density at radius 1 is 1.39 bits per heavy atom. The molecule has 0 unspecified atom stereocenters. The summed E-state index contributed by atoms with van der Waals surface area (Å²) in [6, 6.07) is 0. The minimum Gasteiger partial charge on any atom is -0.444 e. The third-order valence-electron chi connectivity index (χ3n) is 3.09. The Morgan fingerprint density at radius 2 is 2.00 bits per heavy atom. The summed E-state index contributed by atoms with van der Waals surface area (Å²) < 4.78 is 48.0. The van der Waals surface area contributed by atoms with Gasteiger partial charge in [-0.1, -0.05) is 0 Å². The van der Waals surface area contributed by atoms with E-state index >= 15 is 0 Å². The van der Waals surface area contributed by atoms with Crippen molar-refractivity contribution in [3.05, 3.63) is 0 Å². The van der Waals surface area contributed by atoms with Crippen molar-refractivity contribution in [3.8, 4) is 0 Å². The summed E-state index contributed by atoms with van der Waals surface area (Å²) in [5.41, 5.74) is -2.68. The van der Waals surface area contributed by atoms with E-state index in [9.17, 15) is 18.0 Å². The van der Waals surface area contributed by atoms with Crippen LogP contribution < -0.4 is 0 Å². The van der Waals surface area contributed by atoms with Crippen LogP contribution in [0.2, 0.25) is 0 Å². The van der Waals surface area contributed by atoms with Crippen molar-refractivity contribution < 1.29 is 27.4 Å². The quantitative estimate of drug-likeness (QED) is 0.632. The maximum atomic E-state index is 12.7. The highest BCUT2D eigenvalue weighted by Gasteiger charge is 2.74. The van der Waals surface area contributed by atoms with Crippen molar-refractivity contribution in [3.63, 3.8) is 0 Å². The van der Waals surface area contributed by atoms with E-state index in [1.165, 1.54) is 4.90 Å². The molecule has 7 heteroatoms. The molecular formula is C11H16F3NO3. The van der Waals surface area contributed by atoms with Crippen LogP contribution in [0.25, 0.3) is 0 Å². The van der Waals surface area contributed by atoms with Gasteiger partial charge in [0, 0.05) is 13.0 Å². The number of rotatable bonds is 0. The number of ether oxygens (including phenoxy) is 2. The van der Waals surface area contributed by atoms with Crippen molar-refractivity contribution in [2.24, 2.45) is 0 Å². The van der Waals surface area contributed by atoms with Crippen LogP contribution in [-0.4, -0.2) is 47.6 Å². The first-order chi connectivity index (χ1) is 8.05. The van der Waals surface area contributed by atoms with Crippen LogP contribution >= 0.6 is 0 Å². The Morgan fingerprint density at radius 3 is 2.44 bits per heavy atom. The summed E-state index contributed by atoms with van der Waals surface area (Å²) in [7, 11) is 0. The lowest BCUT2D eigenvalue weighted by molar-refractivity contribution is -0.188. The Kier molecular flexibility index (Phi) is 2.81. The van der Waals surface area contributed by atoms with Gasteiger partial charge in [-0.05, 0) is 20.8 Å². The average Bonchev–Trinajstić information content (AvgIpc) is 2.87. The molecule has 2 fully saturated rings. The Labute approximate surface area is 103 Å². The molecule has 0 aromatic carbocycles. The summed E-state index contributed by atoms with van der Waals surface area (Å²) in [5, 5.41) is 0. The number of carbonyl (C=O) groups is 1. The number of likely N-dealkylation sites (tertiary alicyclic amines) is 1. The fourth-order valence-corrected chi connectivity index (χ4v) is 2.10. The van der Waals surface area contributed by atoms with Gasteiger partial charge in [0.2, 0.25) is 0 Å². The van der Waals surface area contributed by atoms with Crippen LogP contribution in [0.5, 0.6) is 0 Å². The first-order valence-electron chi connectivity index (χ1n) is 5.78. The molecular weight excluding hydrogens is 251 g/mol. The van der Waals surface area contributed by atoms with Crippen LogP contribution in [-0.2, 0) is 9.47 Å². The van der Waals surface area contributed by atoms with Gasteiger partial charge in [-0.25, -0.2) is 4.79 Å². The summed E-state index contributed by atoms with van der Waals surface area (Å²) in [6.45, 7) is 5.08. The number of alkyl halides is 3. The Balaban J connectivity index is 1.94. The molecule has 0 bridgehead atoms. The molecule has 2 heterocycles. The van der Waals surface area contributed by atoms with E-state index in [-0.39, 0.29) is 19.5 Å². The molecule has 0 spiro atoms. The molecule has 0 aromatic heterocycles. The van der Waals surface area contributed by atoms with Crippen LogP contribution in [0.3, 0.4) is 0 Å². The molecule has 18 heavy (non-hydrogen) atoms. The van der Waals surface area contributed by atoms with E-state index in [2.05, 4.69) is 0 Å². The fourth-order valence-electron chi connectivity index (χ4n) is 2.10. The van der Waals surface area contributed by atoms with Gasteiger partial charge in [0.05, 0.1) is 6.54 Å². The molecule has 0 aliphatic carbocycles. The zero-order valence-corrected chi connectivity index (χ0v) is 10.5. The maximum Gasteiger partial charge on any atom is 0.420 e. The number of halogens is 3. The van der Waals surface area contributed by atoms with Gasteiger partial charge >= 0.3 is 12.3 Å². The van der Waals surface area contributed by atoms with Crippen molar-refractivity contribution >= 4 is 6.09 Å². The molecule has 1 amide bonds. The molecule has 2 atom stereocenters. The SMILES string of the molecule is CC(C)(C)OC(=O)N1CC[C@@]2(C(F)(F)F)O[C@@H]2C1. The second-order valence-corrected chi connectivity index (χ2v) is 5.67. The van der Waals surface area contributed by atoms with Crippen molar-refractivity contribution in [1.29, 1.82) is 0 Å². The number of hydrogen-bond donors (Lipinski definition) is 0. The number of epoxide rings is 1. The fraction of sp³-hybridized carbons (Fsp3) is 0.909. The zero-order valence-electron chi connectivity index (χ0n) is 10.5. The summed E-state index contributed by atoms with van der Waals surface area (Å²) in [6.07, 6.45) is -6.12. The molecule has 0 aromatic rings. The second-order valence-electron chi connectivity index (χ2n) is 5.67. The topological polar surface area (TPSA) is 42.1 Å². The monoisotopic (exact) mass is 267 g/mol. The highest BCUT2D eigenvalue weighted by Crippen LogP contribution is 2.54. The molecule has 2 saturated heterocycles. The number of fused-ring (bicyclic) bond motifs is 1. The minimum atomic E-state index is -4.36. The van der Waals surface area contributed by atoms with Crippen LogP contribution in [0.15, 0.2) is 0 Å². The van der Waals surface area contributed by atoms with E-state index in [1.807, 2.05) is 0 Å². The molecule has 104 valence electrons.